The highest BCUT2D eigenvalue weighted by Gasteiger charge is 2.33. The average molecular weight is 278 g/mol. The van der Waals surface area contributed by atoms with Crippen molar-refractivity contribution in [3.8, 4) is 0 Å². The summed E-state index contributed by atoms with van der Waals surface area (Å²) >= 11 is 0. The van der Waals surface area contributed by atoms with Crippen molar-refractivity contribution in [2.45, 2.75) is 58.0 Å². The highest BCUT2D eigenvalue weighted by atomic mass is 32.2. The first kappa shape index (κ1) is 15.9. The van der Waals surface area contributed by atoms with Crippen molar-refractivity contribution in [3.63, 3.8) is 0 Å². The molecule has 0 spiro atoms. The van der Waals surface area contributed by atoms with Gasteiger partial charge in [0.1, 0.15) is 0 Å². The van der Waals surface area contributed by atoms with Crippen molar-refractivity contribution in [1.29, 1.82) is 0 Å². The number of nitrogens with zero attached hydrogens (tertiary/aromatic N) is 2. The second-order valence-electron chi connectivity index (χ2n) is 5.24. The largest absolute Gasteiger partial charge is 0.395 e. The average Bonchev–Trinajstić information content (AvgIpc) is 2.35. The number of hydrogen-bond donors (Lipinski definition) is 1. The Kier molecular flexibility index (Phi) is 6.04. The molecule has 1 rings (SSSR count). The Hall–Kier alpha value is -0.170. The second kappa shape index (κ2) is 6.84. The van der Waals surface area contributed by atoms with E-state index < -0.39 is 10.2 Å². The van der Waals surface area contributed by atoms with Gasteiger partial charge in [-0.05, 0) is 26.7 Å². The molecule has 0 atom stereocenters. The van der Waals surface area contributed by atoms with Gasteiger partial charge in [-0.2, -0.15) is 17.0 Å². The zero-order valence-corrected chi connectivity index (χ0v) is 12.5. The highest BCUT2D eigenvalue weighted by molar-refractivity contribution is 7.86. The van der Waals surface area contributed by atoms with Gasteiger partial charge in [-0.3, -0.25) is 0 Å². The summed E-state index contributed by atoms with van der Waals surface area (Å²) in [5.74, 6) is 0. The van der Waals surface area contributed by atoms with Crippen LogP contribution in [0.25, 0.3) is 0 Å². The molecule has 0 aliphatic heterocycles. The van der Waals surface area contributed by atoms with Crippen LogP contribution in [-0.4, -0.2) is 54.4 Å². The van der Waals surface area contributed by atoms with Crippen molar-refractivity contribution in [1.82, 2.24) is 8.61 Å². The monoisotopic (exact) mass is 278 g/mol. The molecular weight excluding hydrogens is 252 g/mol. The fourth-order valence-electron chi connectivity index (χ4n) is 2.54. The smallest absolute Gasteiger partial charge is 0.282 e. The van der Waals surface area contributed by atoms with Crippen molar-refractivity contribution < 1.29 is 13.5 Å². The summed E-state index contributed by atoms with van der Waals surface area (Å²) in [5.41, 5.74) is 0. The Morgan fingerprint density at radius 3 is 2.22 bits per heavy atom. The van der Waals surface area contributed by atoms with E-state index in [2.05, 4.69) is 0 Å². The van der Waals surface area contributed by atoms with E-state index in [1.54, 1.807) is 7.05 Å². The van der Waals surface area contributed by atoms with Gasteiger partial charge in [0, 0.05) is 25.7 Å². The van der Waals surface area contributed by atoms with Gasteiger partial charge in [0.2, 0.25) is 0 Å². The normalized spacial score (nSPS) is 19.1. The first-order valence-corrected chi connectivity index (χ1v) is 8.16. The molecule has 108 valence electrons. The molecule has 6 heteroatoms. The Morgan fingerprint density at radius 1 is 1.22 bits per heavy atom. The fraction of sp³-hybridized carbons (Fsp3) is 1.00. The minimum atomic E-state index is -3.46. The van der Waals surface area contributed by atoms with Crippen molar-refractivity contribution in [2.75, 3.05) is 20.2 Å². The number of aliphatic hydroxyl groups is 1. The van der Waals surface area contributed by atoms with Crippen LogP contribution in [0.15, 0.2) is 0 Å². The van der Waals surface area contributed by atoms with Crippen LogP contribution >= 0.6 is 0 Å². The summed E-state index contributed by atoms with van der Waals surface area (Å²) in [4.78, 5) is 0. The lowest BCUT2D eigenvalue weighted by Gasteiger charge is -2.35. The van der Waals surface area contributed by atoms with Crippen LogP contribution in [0.3, 0.4) is 0 Å². The van der Waals surface area contributed by atoms with Crippen molar-refractivity contribution in [2.24, 2.45) is 0 Å². The molecule has 1 aliphatic carbocycles. The maximum atomic E-state index is 12.5. The van der Waals surface area contributed by atoms with Crippen molar-refractivity contribution >= 4 is 10.2 Å². The Bertz CT molecular complexity index is 337. The summed E-state index contributed by atoms with van der Waals surface area (Å²) in [6, 6.07) is -0.0168. The number of rotatable bonds is 6. The molecule has 0 bridgehead atoms. The minimum absolute atomic E-state index is 0.115. The van der Waals surface area contributed by atoms with Crippen LogP contribution in [-0.2, 0) is 10.2 Å². The van der Waals surface area contributed by atoms with E-state index in [1.807, 2.05) is 13.8 Å². The van der Waals surface area contributed by atoms with E-state index in [1.165, 1.54) is 15.0 Å². The molecule has 1 aliphatic rings. The standard InChI is InChI=1S/C12H26N2O3S/c1-11(2)14(9-10-15)18(16,17)13(3)12-7-5-4-6-8-12/h11-12,15H,4-10H2,1-3H3. The topological polar surface area (TPSA) is 60.9 Å². The van der Waals surface area contributed by atoms with Crippen LogP contribution in [0.5, 0.6) is 0 Å². The fourth-order valence-corrected chi connectivity index (χ4v) is 4.30. The third-order valence-electron chi connectivity index (χ3n) is 3.65. The van der Waals surface area contributed by atoms with Crippen LogP contribution in [0.1, 0.15) is 46.0 Å². The summed E-state index contributed by atoms with van der Waals surface area (Å²) in [6.45, 7) is 3.69. The maximum absolute atomic E-state index is 12.5. The predicted molar refractivity (Wildman–Crippen MR) is 72.5 cm³/mol. The molecule has 0 amide bonds. The number of aliphatic hydroxyl groups excluding tert-OH is 1. The summed E-state index contributed by atoms with van der Waals surface area (Å²) in [7, 11) is -1.79. The molecule has 18 heavy (non-hydrogen) atoms. The van der Waals surface area contributed by atoms with Crippen LogP contribution in [0.2, 0.25) is 0 Å². The van der Waals surface area contributed by atoms with E-state index in [4.69, 9.17) is 5.11 Å². The lowest BCUT2D eigenvalue weighted by atomic mass is 9.96. The minimum Gasteiger partial charge on any atom is -0.395 e. The second-order valence-corrected chi connectivity index (χ2v) is 7.18. The van der Waals surface area contributed by atoms with E-state index >= 15 is 0 Å². The Balaban J connectivity index is 2.81. The molecule has 1 saturated carbocycles. The maximum Gasteiger partial charge on any atom is 0.282 e. The van der Waals surface area contributed by atoms with Crippen molar-refractivity contribution in [3.05, 3.63) is 0 Å². The molecule has 1 N–H and O–H groups in total. The molecule has 5 nitrogen and oxygen atoms in total. The molecule has 0 aromatic heterocycles. The number of hydrogen-bond acceptors (Lipinski definition) is 3. The van der Waals surface area contributed by atoms with Gasteiger partial charge in [0.05, 0.1) is 6.61 Å². The van der Waals surface area contributed by atoms with E-state index in [9.17, 15) is 8.42 Å². The highest BCUT2D eigenvalue weighted by Crippen LogP contribution is 2.25. The predicted octanol–water partition coefficient (Wildman–Crippen LogP) is 1.20. The summed E-state index contributed by atoms with van der Waals surface area (Å²) in [6.07, 6.45) is 5.30. The van der Waals surface area contributed by atoms with E-state index in [-0.39, 0.29) is 25.2 Å². The molecule has 0 saturated heterocycles. The van der Waals surface area contributed by atoms with Gasteiger partial charge in [-0.25, -0.2) is 0 Å². The third-order valence-corrected chi connectivity index (χ3v) is 5.87. The molecule has 0 aromatic carbocycles. The lowest BCUT2D eigenvalue weighted by Crippen LogP contribution is -2.50. The molecule has 0 radical (unpaired) electrons. The van der Waals surface area contributed by atoms with Gasteiger partial charge in [0.25, 0.3) is 10.2 Å². The first-order valence-electron chi connectivity index (χ1n) is 6.77. The third kappa shape index (κ3) is 3.66. The van der Waals surface area contributed by atoms with Gasteiger partial charge in [-0.1, -0.05) is 19.3 Å². The van der Waals surface area contributed by atoms with Gasteiger partial charge >= 0.3 is 0 Å². The van der Waals surface area contributed by atoms with Gasteiger partial charge in [-0.15, -0.1) is 0 Å². The van der Waals surface area contributed by atoms with Gasteiger partial charge < -0.3 is 5.11 Å². The zero-order valence-electron chi connectivity index (χ0n) is 11.7. The molecule has 1 fully saturated rings. The van der Waals surface area contributed by atoms with Crippen LogP contribution in [0, 0.1) is 0 Å². The summed E-state index contributed by atoms with van der Waals surface area (Å²) < 4.78 is 27.9. The van der Waals surface area contributed by atoms with Gasteiger partial charge in [0.15, 0.2) is 0 Å². The first-order chi connectivity index (χ1) is 8.41. The summed E-state index contributed by atoms with van der Waals surface area (Å²) in [5, 5.41) is 9.02. The lowest BCUT2D eigenvalue weighted by molar-refractivity contribution is 0.213. The van der Waals surface area contributed by atoms with Crippen LogP contribution < -0.4 is 0 Å². The SMILES string of the molecule is CC(C)N(CCO)S(=O)(=O)N(C)C1CCCCC1. The zero-order chi connectivity index (χ0) is 13.8. The Morgan fingerprint density at radius 2 is 1.78 bits per heavy atom. The van der Waals surface area contributed by atoms with E-state index in [0.717, 1.165) is 25.7 Å². The molecule has 0 heterocycles. The molecular formula is C12H26N2O3S. The molecule has 0 aromatic rings. The molecule has 0 unspecified atom stereocenters. The van der Waals surface area contributed by atoms with Crippen LogP contribution in [0.4, 0.5) is 0 Å². The van der Waals surface area contributed by atoms with E-state index in [0.29, 0.717) is 0 Å². The quantitative estimate of drug-likeness (QED) is 0.794. The Labute approximate surface area is 111 Å².